The molecule has 2 aromatic rings. The van der Waals surface area contributed by atoms with Crippen LogP contribution in [0.15, 0.2) is 54.2 Å². The second-order valence-corrected chi connectivity index (χ2v) is 7.74. The van der Waals surface area contributed by atoms with Gasteiger partial charge in [0.05, 0.1) is 25.5 Å². The van der Waals surface area contributed by atoms with E-state index < -0.39 is 0 Å². The molecular formula is C24H26N2O4. The van der Waals surface area contributed by atoms with Crippen molar-refractivity contribution in [3.63, 3.8) is 0 Å². The number of amides is 2. The molecule has 0 aromatic heterocycles. The lowest BCUT2D eigenvalue weighted by Crippen LogP contribution is -2.38. The van der Waals surface area contributed by atoms with E-state index in [0.29, 0.717) is 39.9 Å². The Labute approximate surface area is 176 Å². The second kappa shape index (κ2) is 8.22. The number of likely N-dealkylation sites (tertiary alicyclic amines) is 1. The van der Waals surface area contributed by atoms with Crippen LogP contribution >= 0.6 is 0 Å². The highest BCUT2D eigenvalue weighted by Gasteiger charge is 2.43. The molecule has 1 fully saturated rings. The summed E-state index contributed by atoms with van der Waals surface area (Å²) >= 11 is 0. The number of methoxy groups -OCH3 is 2. The molecule has 2 heterocycles. The Morgan fingerprint density at radius 1 is 0.900 bits per heavy atom. The number of ether oxygens (including phenoxy) is 2. The lowest BCUT2D eigenvalue weighted by molar-refractivity contribution is -0.120. The molecule has 2 aromatic carbocycles. The first-order valence-electron chi connectivity index (χ1n) is 10.2. The van der Waals surface area contributed by atoms with E-state index in [-0.39, 0.29) is 11.8 Å². The first-order valence-corrected chi connectivity index (χ1v) is 10.2. The summed E-state index contributed by atoms with van der Waals surface area (Å²) in [7, 11) is 3.13. The standard InChI is InChI=1S/C24H26N2O4/c1-16-11-13-25(14-12-16)22-21(19-9-4-5-10-20(19)30-3)23(27)26(24(22)28)17-7-6-8-18(15-17)29-2/h4-10,15-16H,11-14H2,1-3H3. The number of imide groups is 1. The Hall–Kier alpha value is -3.28. The molecular weight excluding hydrogens is 380 g/mol. The van der Waals surface area contributed by atoms with Crippen molar-refractivity contribution in [3.05, 3.63) is 59.8 Å². The molecule has 2 aliphatic heterocycles. The van der Waals surface area contributed by atoms with Gasteiger partial charge in [0.2, 0.25) is 0 Å². The SMILES string of the molecule is COc1cccc(N2C(=O)C(c3ccccc3OC)=C(N3CCC(C)CC3)C2=O)c1. The van der Waals surface area contributed by atoms with Crippen molar-refractivity contribution in [2.24, 2.45) is 5.92 Å². The summed E-state index contributed by atoms with van der Waals surface area (Å²) in [6.45, 7) is 3.72. The van der Waals surface area contributed by atoms with Gasteiger partial charge in [-0.2, -0.15) is 0 Å². The van der Waals surface area contributed by atoms with E-state index in [0.717, 1.165) is 25.9 Å². The van der Waals surface area contributed by atoms with Crippen LogP contribution in [0.3, 0.4) is 0 Å². The maximum atomic E-state index is 13.6. The largest absolute Gasteiger partial charge is 0.497 e. The van der Waals surface area contributed by atoms with Gasteiger partial charge in [0, 0.05) is 24.7 Å². The summed E-state index contributed by atoms with van der Waals surface area (Å²) in [4.78, 5) is 30.5. The predicted molar refractivity (Wildman–Crippen MR) is 115 cm³/mol. The number of para-hydroxylation sites is 1. The number of nitrogens with zero attached hydrogens (tertiary/aromatic N) is 2. The van der Waals surface area contributed by atoms with Gasteiger partial charge in [0.1, 0.15) is 17.2 Å². The number of carbonyl (C=O) groups is 2. The summed E-state index contributed by atoms with van der Waals surface area (Å²) in [6, 6.07) is 14.4. The molecule has 6 nitrogen and oxygen atoms in total. The van der Waals surface area contributed by atoms with Crippen molar-refractivity contribution in [3.8, 4) is 11.5 Å². The molecule has 2 amide bonds. The Morgan fingerprint density at radius 2 is 1.63 bits per heavy atom. The number of hydrogen-bond donors (Lipinski definition) is 0. The second-order valence-electron chi connectivity index (χ2n) is 7.74. The van der Waals surface area contributed by atoms with Crippen LogP contribution in [0.1, 0.15) is 25.3 Å². The molecule has 1 saturated heterocycles. The summed E-state index contributed by atoms with van der Waals surface area (Å²) in [5, 5.41) is 0. The van der Waals surface area contributed by atoms with Crippen molar-refractivity contribution in [1.29, 1.82) is 0 Å². The van der Waals surface area contributed by atoms with E-state index in [9.17, 15) is 9.59 Å². The number of carbonyl (C=O) groups excluding carboxylic acids is 2. The van der Waals surface area contributed by atoms with Gasteiger partial charge in [-0.15, -0.1) is 0 Å². The fraction of sp³-hybridized carbons (Fsp3) is 0.333. The van der Waals surface area contributed by atoms with Crippen LogP contribution in [0, 0.1) is 5.92 Å². The predicted octanol–water partition coefficient (Wildman–Crippen LogP) is 3.72. The van der Waals surface area contributed by atoms with E-state index in [1.807, 2.05) is 24.3 Å². The number of piperidine rings is 1. The molecule has 0 spiro atoms. The minimum absolute atomic E-state index is 0.302. The molecule has 156 valence electrons. The molecule has 0 saturated carbocycles. The van der Waals surface area contributed by atoms with Gasteiger partial charge in [0.15, 0.2) is 0 Å². The monoisotopic (exact) mass is 406 g/mol. The van der Waals surface area contributed by atoms with Crippen LogP contribution in [-0.2, 0) is 9.59 Å². The zero-order valence-electron chi connectivity index (χ0n) is 17.6. The summed E-state index contributed by atoms with van der Waals surface area (Å²) in [5.41, 5.74) is 1.99. The third kappa shape index (κ3) is 3.43. The Kier molecular flexibility index (Phi) is 5.48. The lowest BCUT2D eigenvalue weighted by Gasteiger charge is -2.32. The van der Waals surface area contributed by atoms with Crippen LogP contribution in [-0.4, -0.2) is 44.0 Å². The smallest absolute Gasteiger partial charge is 0.282 e. The average Bonchev–Trinajstić information content (AvgIpc) is 3.04. The third-order valence-electron chi connectivity index (χ3n) is 5.85. The van der Waals surface area contributed by atoms with Crippen molar-refractivity contribution >= 4 is 23.1 Å². The molecule has 4 rings (SSSR count). The van der Waals surface area contributed by atoms with Gasteiger partial charge < -0.3 is 14.4 Å². The molecule has 6 heteroatoms. The molecule has 0 atom stereocenters. The van der Waals surface area contributed by atoms with Crippen LogP contribution in [0.5, 0.6) is 11.5 Å². The molecule has 0 unspecified atom stereocenters. The van der Waals surface area contributed by atoms with Gasteiger partial charge >= 0.3 is 0 Å². The first-order chi connectivity index (χ1) is 14.5. The number of anilines is 1. The van der Waals surface area contributed by atoms with E-state index in [2.05, 4.69) is 11.8 Å². The maximum Gasteiger partial charge on any atom is 0.282 e. The van der Waals surface area contributed by atoms with E-state index in [1.54, 1.807) is 38.5 Å². The number of rotatable bonds is 5. The zero-order chi connectivity index (χ0) is 21.3. The Morgan fingerprint density at radius 3 is 2.33 bits per heavy atom. The number of benzene rings is 2. The molecule has 30 heavy (non-hydrogen) atoms. The molecule has 0 N–H and O–H groups in total. The van der Waals surface area contributed by atoms with Gasteiger partial charge in [-0.3, -0.25) is 9.59 Å². The topological polar surface area (TPSA) is 59.1 Å². The van der Waals surface area contributed by atoms with Crippen molar-refractivity contribution < 1.29 is 19.1 Å². The van der Waals surface area contributed by atoms with Crippen LogP contribution in [0.25, 0.3) is 5.57 Å². The lowest BCUT2D eigenvalue weighted by atomic mass is 9.97. The summed E-state index contributed by atoms with van der Waals surface area (Å²) in [5.74, 6) is 1.13. The maximum absolute atomic E-state index is 13.6. The van der Waals surface area contributed by atoms with E-state index in [4.69, 9.17) is 9.47 Å². The Bertz CT molecular complexity index is 1010. The van der Waals surface area contributed by atoms with Gasteiger partial charge in [0.25, 0.3) is 11.8 Å². The Balaban J connectivity index is 1.84. The minimum atomic E-state index is -0.341. The van der Waals surface area contributed by atoms with Gasteiger partial charge in [-0.05, 0) is 37.0 Å². The average molecular weight is 406 g/mol. The summed E-state index contributed by atoms with van der Waals surface area (Å²) < 4.78 is 10.8. The van der Waals surface area contributed by atoms with Gasteiger partial charge in [-0.25, -0.2) is 4.90 Å². The molecule has 0 radical (unpaired) electrons. The van der Waals surface area contributed by atoms with E-state index in [1.165, 1.54) is 4.90 Å². The fourth-order valence-electron chi connectivity index (χ4n) is 4.12. The normalized spacial score (nSPS) is 17.7. The highest BCUT2D eigenvalue weighted by molar-refractivity contribution is 6.45. The van der Waals surface area contributed by atoms with Crippen LogP contribution in [0.4, 0.5) is 5.69 Å². The van der Waals surface area contributed by atoms with Crippen LogP contribution < -0.4 is 14.4 Å². The van der Waals surface area contributed by atoms with Crippen molar-refractivity contribution in [2.45, 2.75) is 19.8 Å². The first kappa shape index (κ1) is 20.0. The molecule has 0 aliphatic carbocycles. The summed E-state index contributed by atoms with van der Waals surface area (Å²) in [6.07, 6.45) is 1.98. The zero-order valence-corrected chi connectivity index (χ0v) is 17.6. The quantitative estimate of drug-likeness (QED) is 0.709. The van der Waals surface area contributed by atoms with Gasteiger partial charge in [-0.1, -0.05) is 31.2 Å². The van der Waals surface area contributed by atoms with E-state index >= 15 is 0 Å². The third-order valence-corrected chi connectivity index (χ3v) is 5.85. The van der Waals surface area contributed by atoms with Crippen molar-refractivity contribution in [2.75, 3.05) is 32.2 Å². The molecule has 2 aliphatic rings. The van der Waals surface area contributed by atoms with Crippen molar-refractivity contribution in [1.82, 2.24) is 4.90 Å². The van der Waals surface area contributed by atoms with Crippen LogP contribution in [0.2, 0.25) is 0 Å². The minimum Gasteiger partial charge on any atom is -0.497 e. The highest BCUT2D eigenvalue weighted by Crippen LogP contribution is 2.39. The highest BCUT2D eigenvalue weighted by atomic mass is 16.5. The number of hydrogen-bond acceptors (Lipinski definition) is 5. The molecule has 0 bridgehead atoms. The fourth-order valence-corrected chi connectivity index (χ4v) is 4.12.